The fourth-order valence-corrected chi connectivity index (χ4v) is 3.91. The van der Waals surface area contributed by atoms with Gasteiger partial charge in [0.2, 0.25) is 0 Å². The Morgan fingerprint density at radius 2 is 2.03 bits per heavy atom. The molecular formula is C21H24N6O2. The first kappa shape index (κ1) is 17.9. The number of hydrogen-bond acceptors (Lipinski definition) is 6. The van der Waals surface area contributed by atoms with Gasteiger partial charge in [0.1, 0.15) is 5.75 Å². The van der Waals surface area contributed by atoms with Gasteiger partial charge in [-0.2, -0.15) is 0 Å². The number of anilines is 1. The molecule has 0 saturated carbocycles. The number of fused-ring (bicyclic) bond motifs is 2. The first-order chi connectivity index (χ1) is 14.2. The summed E-state index contributed by atoms with van der Waals surface area (Å²) in [6, 6.07) is 9.74. The van der Waals surface area contributed by atoms with E-state index in [2.05, 4.69) is 32.2 Å². The maximum absolute atomic E-state index is 12.9. The number of carbonyl (C=O) groups excluding carboxylic acids is 1. The number of hydrogen-bond donors (Lipinski definition) is 1. The SMILES string of the molecule is CN1CCN(c2cc3ncc(C(=O)N[C@H]4CCOc5ccccc54)cn3n2)CC1. The fourth-order valence-electron chi connectivity index (χ4n) is 3.91. The molecule has 1 fully saturated rings. The quantitative estimate of drug-likeness (QED) is 0.732. The van der Waals surface area contributed by atoms with Gasteiger partial charge in [-0.25, -0.2) is 9.50 Å². The van der Waals surface area contributed by atoms with Crippen molar-refractivity contribution in [3.63, 3.8) is 0 Å². The van der Waals surface area contributed by atoms with Gasteiger partial charge in [-0.15, -0.1) is 5.10 Å². The van der Waals surface area contributed by atoms with Crippen molar-refractivity contribution in [2.24, 2.45) is 0 Å². The van der Waals surface area contributed by atoms with E-state index in [1.165, 1.54) is 0 Å². The van der Waals surface area contributed by atoms with E-state index >= 15 is 0 Å². The maximum atomic E-state index is 12.9. The van der Waals surface area contributed by atoms with Gasteiger partial charge in [0.15, 0.2) is 11.5 Å². The zero-order valence-corrected chi connectivity index (χ0v) is 16.4. The zero-order valence-electron chi connectivity index (χ0n) is 16.4. The van der Waals surface area contributed by atoms with Crippen molar-refractivity contribution in [3.05, 3.63) is 53.9 Å². The molecule has 5 rings (SSSR count). The van der Waals surface area contributed by atoms with Crippen molar-refractivity contribution in [2.75, 3.05) is 44.7 Å². The van der Waals surface area contributed by atoms with E-state index in [0.29, 0.717) is 12.2 Å². The number of benzene rings is 1. The largest absolute Gasteiger partial charge is 0.493 e. The third-order valence-electron chi connectivity index (χ3n) is 5.65. The minimum absolute atomic E-state index is 0.0679. The molecule has 0 radical (unpaired) electrons. The summed E-state index contributed by atoms with van der Waals surface area (Å²) in [6.45, 7) is 4.50. The lowest BCUT2D eigenvalue weighted by atomic mass is 10.0. The third kappa shape index (κ3) is 3.51. The first-order valence-electron chi connectivity index (χ1n) is 9.99. The fraction of sp³-hybridized carbons (Fsp3) is 0.381. The Kier molecular flexibility index (Phi) is 4.55. The molecule has 1 saturated heterocycles. The van der Waals surface area contributed by atoms with Crippen molar-refractivity contribution in [3.8, 4) is 5.75 Å². The molecule has 8 heteroatoms. The molecular weight excluding hydrogens is 368 g/mol. The van der Waals surface area contributed by atoms with Crippen molar-refractivity contribution in [1.29, 1.82) is 0 Å². The number of piperazine rings is 1. The number of amides is 1. The molecule has 0 unspecified atom stereocenters. The number of aromatic nitrogens is 3. The number of nitrogens with zero attached hydrogens (tertiary/aromatic N) is 5. The summed E-state index contributed by atoms with van der Waals surface area (Å²) in [4.78, 5) is 21.9. The van der Waals surface area contributed by atoms with E-state index in [1.54, 1.807) is 16.9 Å². The van der Waals surface area contributed by atoms with Crippen LogP contribution in [0.1, 0.15) is 28.4 Å². The Morgan fingerprint density at radius 3 is 2.90 bits per heavy atom. The van der Waals surface area contributed by atoms with Crippen LogP contribution in [0.25, 0.3) is 5.65 Å². The monoisotopic (exact) mass is 392 g/mol. The second-order valence-electron chi connectivity index (χ2n) is 7.64. The first-order valence-corrected chi connectivity index (χ1v) is 9.99. The van der Waals surface area contributed by atoms with Crippen LogP contribution in [0, 0.1) is 0 Å². The average molecular weight is 392 g/mol. The summed E-state index contributed by atoms with van der Waals surface area (Å²) in [7, 11) is 2.13. The normalized spacial score (nSPS) is 19.6. The van der Waals surface area contributed by atoms with Gasteiger partial charge < -0.3 is 19.9 Å². The summed E-state index contributed by atoms with van der Waals surface area (Å²) in [5.74, 6) is 1.58. The summed E-state index contributed by atoms with van der Waals surface area (Å²) in [5.41, 5.74) is 2.25. The van der Waals surface area contributed by atoms with Gasteiger partial charge in [0.25, 0.3) is 5.91 Å². The van der Waals surface area contributed by atoms with Crippen LogP contribution in [0.5, 0.6) is 5.75 Å². The van der Waals surface area contributed by atoms with Crippen molar-refractivity contribution in [2.45, 2.75) is 12.5 Å². The molecule has 150 valence electrons. The van der Waals surface area contributed by atoms with Crippen LogP contribution >= 0.6 is 0 Å². The molecule has 2 aromatic heterocycles. The highest BCUT2D eigenvalue weighted by Crippen LogP contribution is 2.31. The molecule has 0 aliphatic carbocycles. The van der Waals surface area contributed by atoms with Crippen molar-refractivity contribution in [1.82, 2.24) is 24.8 Å². The maximum Gasteiger partial charge on any atom is 0.254 e. The summed E-state index contributed by atoms with van der Waals surface area (Å²) in [6.07, 6.45) is 4.11. The number of nitrogens with one attached hydrogen (secondary N) is 1. The van der Waals surface area contributed by atoms with E-state index in [4.69, 9.17) is 4.74 Å². The van der Waals surface area contributed by atoms with Crippen LogP contribution in [-0.2, 0) is 0 Å². The second kappa shape index (κ2) is 7.36. The predicted molar refractivity (Wildman–Crippen MR) is 109 cm³/mol. The van der Waals surface area contributed by atoms with Gasteiger partial charge in [-0.1, -0.05) is 18.2 Å². The highest BCUT2D eigenvalue weighted by molar-refractivity contribution is 5.94. The van der Waals surface area contributed by atoms with E-state index in [-0.39, 0.29) is 11.9 Å². The van der Waals surface area contributed by atoms with E-state index in [1.807, 2.05) is 30.3 Å². The molecule has 8 nitrogen and oxygen atoms in total. The van der Waals surface area contributed by atoms with Crippen LogP contribution in [0.15, 0.2) is 42.7 Å². The van der Waals surface area contributed by atoms with Crippen molar-refractivity contribution < 1.29 is 9.53 Å². The smallest absolute Gasteiger partial charge is 0.254 e. The summed E-state index contributed by atoms with van der Waals surface area (Å²) < 4.78 is 7.38. The Balaban J connectivity index is 1.35. The number of ether oxygens (including phenoxy) is 1. The highest BCUT2D eigenvalue weighted by atomic mass is 16.5. The Bertz CT molecular complexity index is 1040. The van der Waals surface area contributed by atoms with Crippen LogP contribution in [0.2, 0.25) is 0 Å². The number of likely N-dealkylation sites (N-methyl/N-ethyl adjacent to an activating group) is 1. The number of carbonyl (C=O) groups is 1. The lowest BCUT2D eigenvalue weighted by Gasteiger charge is -2.32. The molecule has 1 atom stereocenters. The topological polar surface area (TPSA) is 75.0 Å². The Morgan fingerprint density at radius 1 is 1.21 bits per heavy atom. The Labute approximate surface area is 169 Å². The molecule has 29 heavy (non-hydrogen) atoms. The van der Waals surface area contributed by atoms with Gasteiger partial charge in [0.05, 0.1) is 18.2 Å². The van der Waals surface area contributed by atoms with E-state index in [0.717, 1.165) is 55.4 Å². The van der Waals surface area contributed by atoms with Gasteiger partial charge in [0, 0.05) is 56.6 Å². The molecule has 1 N–H and O–H groups in total. The van der Waals surface area contributed by atoms with E-state index in [9.17, 15) is 4.79 Å². The standard InChI is InChI=1S/C21H24N6O2/c1-25-7-9-26(10-8-25)20-12-19-22-13-15(14-27(19)24-20)21(28)23-17-6-11-29-18-5-3-2-4-16(17)18/h2-5,12-14,17H,6-11H2,1H3,(H,23,28)/t17-/m0/s1. The summed E-state index contributed by atoms with van der Waals surface area (Å²) in [5, 5.41) is 7.76. The Hall–Kier alpha value is -3.13. The minimum atomic E-state index is -0.155. The van der Waals surface area contributed by atoms with Gasteiger partial charge in [-0.3, -0.25) is 4.79 Å². The highest BCUT2D eigenvalue weighted by Gasteiger charge is 2.24. The van der Waals surface area contributed by atoms with Gasteiger partial charge in [-0.05, 0) is 13.1 Å². The van der Waals surface area contributed by atoms with Crippen LogP contribution < -0.4 is 15.0 Å². The zero-order chi connectivity index (χ0) is 19.8. The molecule has 0 spiro atoms. The van der Waals surface area contributed by atoms with Crippen molar-refractivity contribution >= 4 is 17.4 Å². The number of rotatable bonds is 3. The molecule has 3 aromatic rings. The van der Waals surface area contributed by atoms with Crippen LogP contribution in [0.3, 0.4) is 0 Å². The summed E-state index contributed by atoms with van der Waals surface area (Å²) >= 11 is 0. The molecule has 4 heterocycles. The van der Waals surface area contributed by atoms with Gasteiger partial charge >= 0.3 is 0 Å². The lowest BCUT2D eigenvalue weighted by molar-refractivity contribution is 0.0924. The average Bonchev–Trinajstić information content (AvgIpc) is 3.18. The minimum Gasteiger partial charge on any atom is -0.493 e. The third-order valence-corrected chi connectivity index (χ3v) is 5.65. The number of para-hydroxylation sites is 1. The molecule has 1 amide bonds. The molecule has 0 bridgehead atoms. The predicted octanol–water partition coefficient (Wildman–Crippen LogP) is 1.73. The second-order valence-corrected chi connectivity index (χ2v) is 7.64. The van der Waals surface area contributed by atoms with Crippen LogP contribution in [-0.4, -0.2) is 65.2 Å². The van der Waals surface area contributed by atoms with E-state index < -0.39 is 0 Å². The molecule has 2 aliphatic rings. The molecule has 1 aromatic carbocycles. The lowest BCUT2D eigenvalue weighted by Crippen LogP contribution is -2.44. The molecule has 2 aliphatic heterocycles. The van der Waals surface area contributed by atoms with Crippen LogP contribution in [0.4, 0.5) is 5.82 Å².